The third-order valence-electron chi connectivity index (χ3n) is 4.82. The number of para-hydroxylation sites is 1. The van der Waals surface area contributed by atoms with Crippen molar-refractivity contribution in [2.45, 2.75) is 27.2 Å². The van der Waals surface area contributed by atoms with Crippen LogP contribution in [0.2, 0.25) is 0 Å². The van der Waals surface area contributed by atoms with Crippen molar-refractivity contribution in [3.8, 4) is 0 Å². The van der Waals surface area contributed by atoms with E-state index in [0.717, 1.165) is 40.1 Å². The Morgan fingerprint density at radius 1 is 1.28 bits per heavy atom. The van der Waals surface area contributed by atoms with Crippen molar-refractivity contribution in [3.05, 3.63) is 52.8 Å². The molecule has 3 heterocycles. The number of H-pyrrole nitrogens is 1. The molecule has 0 aliphatic rings. The van der Waals surface area contributed by atoms with Crippen molar-refractivity contribution in [1.82, 2.24) is 15.0 Å². The summed E-state index contributed by atoms with van der Waals surface area (Å²) in [4.78, 5) is 25.9. The summed E-state index contributed by atoms with van der Waals surface area (Å²) in [6.45, 7) is 7.11. The van der Waals surface area contributed by atoms with E-state index in [-0.39, 0.29) is 5.97 Å². The van der Waals surface area contributed by atoms with Crippen LogP contribution in [0.5, 0.6) is 0 Å². The molecule has 150 valence electrons. The van der Waals surface area contributed by atoms with Crippen LogP contribution < -0.4 is 5.32 Å². The summed E-state index contributed by atoms with van der Waals surface area (Å²) in [7, 11) is 0. The number of aromatic amines is 1. The predicted molar refractivity (Wildman–Crippen MR) is 118 cm³/mol. The lowest BCUT2D eigenvalue weighted by atomic mass is 10.1. The number of esters is 1. The van der Waals surface area contributed by atoms with Gasteiger partial charge in [0.2, 0.25) is 0 Å². The van der Waals surface area contributed by atoms with Gasteiger partial charge in [0.25, 0.3) is 0 Å². The average Bonchev–Trinajstić information content (AvgIpc) is 3.28. The molecule has 0 unspecified atom stereocenters. The molecule has 4 aromatic rings. The van der Waals surface area contributed by atoms with E-state index in [1.807, 2.05) is 26.8 Å². The number of carbonyl (C=O) groups is 1. The van der Waals surface area contributed by atoms with E-state index in [1.54, 1.807) is 0 Å². The minimum absolute atomic E-state index is 0.288. The summed E-state index contributed by atoms with van der Waals surface area (Å²) in [6.07, 6.45) is 4.46. The van der Waals surface area contributed by atoms with E-state index in [1.165, 1.54) is 28.6 Å². The molecule has 0 spiro atoms. The number of ether oxygens (including phenoxy) is 1. The van der Waals surface area contributed by atoms with Gasteiger partial charge in [0.15, 0.2) is 0 Å². The van der Waals surface area contributed by atoms with Gasteiger partial charge in [-0.1, -0.05) is 32.0 Å². The first-order valence-corrected chi connectivity index (χ1v) is 10.6. The Bertz CT molecular complexity index is 1160. The van der Waals surface area contributed by atoms with Crippen LogP contribution >= 0.6 is 11.3 Å². The number of nitrogens with one attached hydrogen (secondary N) is 2. The molecule has 3 aromatic heterocycles. The maximum atomic E-state index is 12.5. The average molecular weight is 409 g/mol. The Hall–Kier alpha value is -2.93. The highest BCUT2D eigenvalue weighted by Crippen LogP contribution is 2.33. The number of benzene rings is 1. The van der Waals surface area contributed by atoms with Crippen molar-refractivity contribution < 1.29 is 9.53 Å². The molecule has 0 fully saturated rings. The fourth-order valence-corrected chi connectivity index (χ4v) is 4.40. The van der Waals surface area contributed by atoms with Crippen molar-refractivity contribution in [2.75, 3.05) is 18.5 Å². The molecule has 29 heavy (non-hydrogen) atoms. The minimum Gasteiger partial charge on any atom is -0.461 e. The maximum Gasteiger partial charge on any atom is 0.348 e. The summed E-state index contributed by atoms with van der Waals surface area (Å²) < 4.78 is 5.41. The van der Waals surface area contributed by atoms with Gasteiger partial charge in [-0.15, -0.1) is 11.3 Å². The second kappa shape index (κ2) is 8.21. The second-order valence-electron chi connectivity index (χ2n) is 7.49. The molecule has 2 N–H and O–H groups in total. The highest BCUT2D eigenvalue weighted by Gasteiger charge is 2.20. The molecule has 0 saturated carbocycles. The summed E-state index contributed by atoms with van der Waals surface area (Å²) in [5.74, 6) is 0.769. The highest BCUT2D eigenvalue weighted by atomic mass is 32.1. The Labute approximate surface area is 173 Å². The lowest BCUT2D eigenvalue weighted by molar-refractivity contribution is 0.0464. The van der Waals surface area contributed by atoms with Crippen LogP contribution in [0.25, 0.3) is 21.1 Å². The SMILES string of the molecule is Cc1c(C(=O)OCC(C)C)sc2ncnc(NCCc3c[nH]c4ccccc34)c12. The molecule has 0 saturated heterocycles. The van der Waals surface area contributed by atoms with Gasteiger partial charge in [0.1, 0.15) is 21.9 Å². The van der Waals surface area contributed by atoms with Crippen molar-refractivity contribution in [3.63, 3.8) is 0 Å². The standard InChI is InChI=1S/C22H24N4O2S/c1-13(2)11-28-22(27)19-14(3)18-20(25-12-26-21(18)29-19)23-9-8-15-10-24-17-7-5-4-6-16(15)17/h4-7,10,12-13,24H,8-9,11H2,1-3H3,(H,23,25,26). The second-order valence-corrected chi connectivity index (χ2v) is 8.49. The van der Waals surface area contributed by atoms with E-state index >= 15 is 0 Å². The summed E-state index contributed by atoms with van der Waals surface area (Å²) in [5.41, 5.74) is 3.28. The largest absolute Gasteiger partial charge is 0.461 e. The van der Waals surface area contributed by atoms with Gasteiger partial charge < -0.3 is 15.0 Å². The quantitative estimate of drug-likeness (QED) is 0.423. The van der Waals surface area contributed by atoms with Gasteiger partial charge in [-0.3, -0.25) is 0 Å². The lowest BCUT2D eigenvalue weighted by Gasteiger charge is -2.08. The number of thiophene rings is 1. The normalized spacial score (nSPS) is 11.4. The van der Waals surface area contributed by atoms with E-state index in [0.29, 0.717) is 17.4 Å². The number of rotatable bonds is 7. The molecule has 0 atom stereocenters. The predicted octanol–water partition coefficient (Wildman–Crippen LogP) is 4.95. The molecular formula is C22H24N4O2S. The van der Waals surface area contributed by atoms with E-state index in [2.05, 4.69) is 44.7 Å². The third-order valence-corrected chi connectivity index (χ3v) is 6.00. The van der Waals surface area contributed by atoms with Crippen LogP contribution in [0.3, 0.4) is 0 Å². The van der Waals surface area contributed by atoms with Gasteiger partial charge >= 0.3 is 5.97 Å². The van der Waals surface area contributed by atoms with Crippen LogP contribution in [0.1, 0.15) is 34.6 Å². The zero-order chi connectivity index (χ0) is 20.4. The zero-order valence-corrected chi connectivity index (χ0v) is 17.6. The number of hydrogen-bond acceptors (Lipinski definition) is 6. The monoisotopic (exact) mass is 408 g/mol. The van der Waals surface area contributed by atoms with Crippen molar-refractivity contribution in [1.29, 1.82) is 0 Å². The fourth-order valence-electron chi connectivity index (χ4n) is 3.36. The molecule has 0 amide bonds. The summed E-state index contributed by atoms with van der Waals surface area (Å²) in [5, 5.41) is 5.56. The Morgan fingerprint density at radius 3 is 2.93 bits per heavy atom. The van der Waals surface area contributed by atoms with E-state index in [4.69, 9.17) is 4.74 Å². The van der Waals surface area contributed by atoms with Crippen LogP contribution in [0, 0.1) is 12.8 Å². The van der Waals surface area contributed by atoms with Gasteiger partial charge in [0.05, 0.1) is 12.0 Å². The molecule has 1 aromatic carbocycles. The molecule has 6 nitrogen and oxygen atoms in total. The first-order valence-electron chi connectivity index (χ1n) is 9.74. The molecule has 0 radical (unpaired) electrons. The Morgan fingerprint density at radius 2 is 2.10 bits per heavy atom. The van der Waals surface area contributed by atoms with Gasteiger partial charge in [-0.25, -0.2) is 14.8 Å². The van der Waals surface area contributed by atoms with Crippen molar-refractivity contribution in [2.24, 2.45) is 5.92 Å². The molecule has 0 bridgehead atoms. The Balaban J connectivity index is 1.52. The van der Waals surface area contributed by atoms with Gasteiger partial charge in [-0.2, -0.15) is 0 Å². The third kappa shape index (κ3) is 3.96. The van der Waals surface area contributed by atoms with E-state index < -0.39 is 0 Å². The highest BCUT2D eigenvalue weighted by molar-refractivity contribution is 7.20. The summed E-state index contributed by atoms with van der Waals surface area (Å²) in [6, 6.07) is 8.29. The number of anilines is 1. The number of nitrogens with zero attached hydrogens (tertiary/aromatic N) is 2. The smallest absolute Gasteiger partial charge is 0.348 e. The summed E-state index contributed by atoms with van der Waals surface area (Å²) >= 11 is 1.36. The number of hydrogen-bond donors (Lipinski definition) is 2. The molecule has 7 heteroatoms. The molecule has 4 rings (SSSR count). The Kier molecular flexibility index (Phi) is 5.49. The topological polar surface area (TPSA) is 79.9 Å². The zero-order valence-electron chi connectivity index (χ0n) is 16.8. The minimum atomic E-state index is -0.288. The van der Waals surface area contributed by atoms with Crippen LogP contribution in [0.15, 0.2) is 36.8 Å². The van der Waals surface area contributed by atoms with Crippen molar-refractivity contribution >= 4 is 44.2 Å². The van der Waals surface area contributed by atoms with Crippen LogP contribution in [-0.2, 0) is 11.2 Å². The first-order chi connectivity index (χ1) is 14.0. The molecule has 0 aliphatic carbocycles. The van der Waals surface area contributed by atoms with Gasteiger partial charge in [0, 0.05) is 23.6 Å². The number of aryl methyl sites for hydroxylation is 1. The maximum absolute atomic E-state index is 12.5. The van der Waals surface area contributed by atoms with Gasteiger partial charge in [-0.05, 0) is 36.5 Å². The molecular weight excluding hydrogens is 384 g/mol. The molecule has 0 aliphatic heterocycles. The number of fused-ring (bicyclic) bond motifs is 2. The van der Waals surface area contributed by atoms with Crippen LogP contribution in [-0.4, -0.2) is 34.1 Å². The lowest BCUT2D eigenvalue weighted by Crippen LogP contribution is -2.10. The van der Waals surface area contributed by atoms with Crippen LogP contribution in [0.4, 0.5) is 5.82 Å². The fraction of sp³-hybridized carbons (Fsp3) is 0.318. The number of carbonyl (C=O) groups excluding carboxylic acids is 1. The first kappa shape index (κ1) is 19.4. The number of aromatic nitrogens is 3. The van der Waals surface area contributed by atoms with E-state index in [9.17, 15) is 4.79 Å².